The third kappa shape index (κ3) is 2.90. The minimum atomic E-state index is 0.646. The van der Waals surface area contributed by atoms with Gasteiger partial charge in [-0.25, -0.2) is 0 Å². The first kappa shape index (κ1) is 12.2. The summed E-state index contributed by atoms with van der Waals surface area (Å²) in [6, 6.07) is 6.34. The van der Waals surface area contributed by atoms with E-state index in [9.17, 15) is 0 Å². The van der Waals surface area contributed by atoms with E-state index in [2.05, 4.69) is 23.1 Å². The quantitative estimate of drug-likeness (QED) is 0.848. The smallest absolute Gasteiger partial charge is 0.124 e. The van der Waals surface area contributed by atoms with E-state index in [-0.39, 0.29) is 0 Å². The Bertz CT molecular complexity index is 362. The Morgan fingerprint density at radius 1 is 1.35 bits per heavy atom. The zero-order valence-electron chi connectivity index (χ0n) is 10.3. The number of benzene rings is 1. The highest BCUT2D eigenvalue weighted by molar-refractivity contribution is 5.54. The molecule has 0 amide bonds. The number of hydrogen-bond donors (Lipinski definition) is 1. The van der Waals surface area contributed by atoms with Crippen LogP contribution in [0.2, 0.25) is 0 Å². The van der Waals surface area contributed by atoms with Crippen LogP contribution in [0.25, 0.3) is 0 Å². The Balaban J connectivity index is 2.17. The molecular formula is C13H20N2O2. The molecule has 1 aliphatic rings. The summed E-state index contributed by atoms with van der Waals surface area (Å²) < 4.78 is 10.8. The second-order valence-electron chi connectivity index (χ2n) is 4.13. The van der Waals surface area contributed by atoms with Gasteiger partial charge in [0.1, 0.15) is 5.75 Å². The van der Waals surface area contributed by atoms with Crippen molar-refractivity contribution >= 4 is 5.69 Å². The lowest BCUT2D eigenvalue weighted by Crippen LogP contribution is -2.36. The van der Waals surface area contributed by atoms with E-state index < -0.39 is 0 Å². The molecular weight excluding hydrogens is 216 g/mol. The molecule has 0 aromatic heterocycles. The molecule has 1 aromatic rings. The van der Waals surface area contributed by atoms with Crippen LogP contribution in [-0.4, -0.2) is 40.0 Å². The van der Waals surface area contributed by atoms with Gasteiger partial charge in [0.25, 0.3) is 0 Å². The minimum Gasteiger partial charge on any atom is -0.496 e. The maximum absolute atomic E-state index is 5.58. The molecule has 0 bridgehead atoms. The maximum Gasteiger partial charge on any atom is 0.124 e. The van der Waals surface area contributed by atoms with E-state index in [4.69, 9.17) is 15.2 Å². The molecule has 1 heterocycles. The first-order chi connectivity index (χ1) is 8.35. The van der Waals surface area contributed by atoms with E-state index >= 15 is 0 Å². The van der Waals surface area contributed by atoms with Gasteiger partial charge < -0.3 is 20.1 Å². The van der Waals surface area contributed by atoms with Crippen molar-refractivity contribution in [2.45, 2.75) is 6.42 Å². The molecule has 0 spiro atoms. The van der Waals surface area contributed by atoms with Crippen molar-refractivity contribution in [3.63, 3.8) is 0 Å². The van der Waals surface area contributed by atoms with E-state index in [1.165, 1.54) is 11.3 Å². The lowest BCUT2D eigenvalue weighted by atomic mass is 10.1. The highest BCUT2D eigenvalue weighted by Gasteiger charge is 2.13. The third-order valence-corrected chi connectivity index (χ3v) is 3.06. The molecule has 94 valence electrons. The number of nitrogens with zero attached hydrogens (tertiary/aromatic N) is 1. The lowest BCUT2D eigenvalue weighted by Gasteiger charge is -2.29. The Hall–Kier alpha value is -1.26. The maximum atomic E-state index is 5.58. The molecule has 0 radical (unpaired) electrons. The van der Waals surface area contributed by atoms with Crippen molar-refractivity contribution in [1.29, 1.82) is 0 Å². The van der Waals surface area contributed by atoms with Crippen LogP contribution in [0.5, 0.6) is 5.75 Å². The molecule has 2 N–H and O–H groups in total. The molecule has 1 saturated heterocycles. The van der Waals surface area contributed by atoms with E-state index in [0.29, 0.717) is 6.54 Å². The topological polar surface area (TPSA) is 47.7 Å². The van der Waals surface area contributed by atoms with Crippen molar-refractivity contribution in [2.75, 3.05) is 44.9 Å². The average Bonchev–Trinajstić information content (AvgIpc) is 2.40. The van der Waals surface area contributed by atoms with Gasteiger partial charge in [-0.2, -0.15) is 0 Å². The Morgan fingerprint density at radius 3 is 2.76 bits per heavy atom. The number of rotatable bonds is 4. The second kappa shape index (κ2) is 5.89. The van der Waals surface area contributed by atoms with Crippen molar-refractivity contribution in [3.8, 4) is 5.75 Å². The van der Waals surface area contributed by atoms with Gasteiger partial charge in [-0.15, -0.1) is 0 Å². The van der Waals surface area contributed by atoms with Gasteiger partial charge in [-0.3, -0.25) is 0 Å². The Kier molecular flexibility index (Phi) is 4.23. The lowest BCUT2D eigenvalue weighted by molar-refractivity contribution is 0.122. The monoisotopic (exact) mass is 236 g/mol. The third-order valence-electron chi connectivity index (χ3n) is 3.06. The summed E-state index contributed by atoms with van der Waals surface area (Å²) in [5.41, 5.74) is 7.96. The summed E-state index contributed by atoms with van der Waals surface area (Å²) in [6.45, 7) is 4.13. The molecule has 4 nitrogen and oxygen atoms in total. The molecule has 1 fully saturated rings. The first-order valence-corrected chi connectivity index (χ1v) is 6.05. The fourth-order valence-corrected chi connectivity index (χ4v) is 2.11. The number of ether oxygens (including phenoxy) is 2. The fourth-order valence-electron chi connectivity index (χ4n) is 2.11. The van der Waals surface area contributed by atoms with Gasteiger partial charge in [-0.05, 0) is 24.6 Å². The molecule has 0 aliphatic carbocycles. The zero-order valence-corrected chi connectivity index (χ0v) is 10.3. The standard InChI is InChI=1S/C13H20N2O2/c1-16-13-10-12(3-2-11(13)4-5-14)15-6-8-17-9-7-15/h2-3,10H,4-9,14H2,1H3. The summed E-state index contributed by atoms with van der Waals surface area (Å²) in [7, 11) is 1.71. The SMILES string of the molecule is COc1cc(N2CCOCC2)ccc1CCN. The van der Waals surface area contributed by atoms with Crippen molar-refractivity contribution in [1.82, 2.24) is 0 Å². The molecule has 0 unspecified atom stereocenters. The predicted octanol–water partition coefficient (Wildman–Crippen LogP) is 1.03. The number of anilines is 1. The minimum absolute atomic E-state index is 0.646. The van der Waals surface area contributed by atoms with Crippen LogP contribution in [0.15, 0.2) is 18.2 Å². The highest BCUT2D eigenvalue weighted by atomic mass is 16.5. The van der Waals surface area contributed by atoms with E-state index in [0.717, 1.165) is 38.5 Å². The summed E-state index contributed by atoms with van der Waals surface area (Å²) in [5.74, 6) is 0.930. The predicted molar refractivity (Wildman–Crippen MR) is 68.8 cm³/mol. The summed E-state index contributed by atoms with van der Waals surface area (Å²) in [6.07, 6.45) is 0.854. The summed E-state index contributed by atoms with van der Waals surface area (Å²) in [4.78, 5) is 2.32. The second-order valence-corrected chi connectivity index (χ2v) is 4.13. The van der Waals surface area contributed by atoms with Gasteiger partial charge in [0.05, 0.1) is 20.3 Å². The van der Waals surface area contributed by atoms with Gasteiger partial charge >= 0.3 is 0 Å². The van der Waals surface area contributed by atoms with Crippen LogP contribution in [-0.2, 0) is 11.2 Å². The molecule has 2 rings (SSSR count). The van der Waals surface area contributed by atoms with Crippen LogP contribution in [0, 0.1) is 0 Å². The van der Waals surface area contributed by atoms with Crippen LogP contribution in [0.4, 0.5) is 5.69 Å². The average molecular weight is 236 g/mol. The number of morpholine rings is 1. The van der Waals surface area contributed by atoms with Crippen LogP contribution in [0.1, 0.15) is 5.56 Å². The van der Waals surface area contributed by atoms with E-state index in [1.807, 2.05) is 0 Å². The number of methoxy groups -OCH3 is 1. The van der Waals surface area contributed by atoms with Crippen molar-refractivity contribution in [2.24, 2.45) is 5.73 Å². The fraction of sp³-hybridized carbons (Fsp3) is 0.538. The Morgan fingerprint density at radius 2 is 2.12 bits per heavy atom. The van der Waals surface area contributed by atoms with Crippen molar-refractivity contribution < 1.29 is 9.47 Å². The molecule has 17 heavy (non-hydrogen) atoms. The normalized spacial score (nSPS) is 16.0. The Labute approximate surface area is 102 Å². The van der Waals surface area contributed by atoms with Crippen molar-refractivity contribution in [3.05, 3.63) is 23.8 Å². The molecule has 4 heteroatoms. The molecule has 0 saturated carbocycles. The number of hydrogen-bond acceptors (Lipinski definition) is 4. The van der Waals surface area contributed by atoms with Crippen LogP contribution >= 0.6 is 0 Å². The van der Waals surface area contributed by atoms with Gasteiger partial charge in [0.2, 0.25) is 0 Å². The van der Waals surface area contributed by atoms with Crippen LogP contribution < -0.4 is 15.4 Å². The zero-order chi connectivity index (χ0) is 12.1. The van der Waals surface area contributed by atoms with E-state index in [1.54, 1.807) is 7.11 Å². The first-order valence-electron chi connectivity index (χ1n) is 6.05. The van der Waals surface area contributed by atoms with Gasteiger partial charge in [-0.1, -0.05) is 6.07 Å². The highest BCUT2D eigenvalue weighted by Crippen LogP contribution is 2.26. The molecule has 0 atom stereocenters. The van der Waals surface area contributed by atoms with Gasteiger partial charge in [0.15, 0.2) is 0 Å². The number of nitrogens with two attached hydrogens (primary N) is 1. The molecule has 1 aliphatic heterocycles. The van der Waals surface area contributed by atoms with Gasteiger partial charge in [0, 0.05) is 24.8 Å². The molecule has 1 aromatic carbocycles. The summed E-state index contributed by atoms with van der Waals surface area (Å²) in [5, 5.41) is 0. The largest absolute Gasteiger partial charge is 0.496 e. The van der Waals surface area contributed by atoms with Crippen LogP contribution in [0.3, 0.4) is 0 Å². The summed E-state index contributed by atoms with van der Waals surface area (Å²) >= 11 is 0.